The van der Waals surface area contributed by atoms with E-state index in [0.717, 1.165) is 11.6 Å². The van der Waals surface area contributed by atoms with Crippen molar-refractivity contribution in [2.24, 2.45) is 5.92 Å². The summed E-state index contributed by atoms with van der Waals surface area (Å²) in [6, 6.07) is 8.46. The van der Waals surface area contributed by atoms with Gasteiger partial charge in [-0.1, -0.05) is 77.3 Å². The van der Waals surface area contributed by atoms with Gasteiger partial charge in [0.05, 0.1) is 0 Å². The minimum atomic E-state index is 0.863. The van der Waals surface area contributed by atoms with Crippen LogP contribution < -0.4 is 5.73 Å². The molecule has 0 aliphatic heterocycles. The van der Waals surface area contributed by atoms with Gasteiger partial charge >= 0.3 is 0 Å². The van der Waals surface area contributed by atoms with Crippen LogP contribution in [0.15, 0.2) is 24.3 Å². The van der Waals surface area contributed by atoms with Crippen molar-refractivity contribution < 1.29 is 0 Å². The van der Waals surface area contributed by atoms with E-state index in [4.69, 9.17) is 5.73 Å². The third-order valence-electron chi connectivity index (χ3n) is 3.94. The minimum Gasteiger partial charge on any atom is -0.399 e. The van der Waals surface area contributed by atoms with Gasteiger partial charge in [0.2, 0.25) is 0 Å². The molecule has 108 valence electrons. The van der Waals surface area contributed by atoms with Crippen molar-refractivity contribution in [3.63, 3.8) is 0 Å². The van der Waals surface area contributed by atoms with E-state index in [1.807, 2.05) is 12.1 Å². The van der Waals surface area contributed by atoms with Crippen molar-refractivity contribution >= 4 is 5.69 Å². The molecule has 1 nitrogen and oxygen atoms in total. The summed E-state index contributed by atoms with van der Waals surface area (Å²) in [4.78, 5) is 0. The number of hydrogen-bond donors (Lipinski definition) is 1. The number of rotatable bonds is 10. The molecular formula is C18H31N. The van der Waals surface area contributed by atoms with Crippen molar-refractivity contribution in [1.29, 1.82) is 0 Å². The number of nitrogen functional groups attached to an aromatic ring is 1. The largest absolute Gasteiger partial charge is 0.399 e. The van der Waals surface area contributed by atoms with E-state index in [1.165, 1.54) is 63.4 Å². The Bertz CT molecular complexity index is 305. The fourth-order valence-corrected chi connectivity index (χ4v) is 2.70. The van der Waals surface area contributed by atoms with Gasteiger partial charge < -0.3 is 5.73 Å². The van der Waals surface area contributed by atoms with Crippen LogP contribution in [0.4, 0.5) is 5.69 Å². The number of unbranched alkanes of at least 4 members (excludes halogenated alkanes) is 4. The normalized spacial score (nSPS) is 11.1. The molecule has 0 amide bonds. The van der Waals surface area contributed by atoms with E-state index in [1.54, 1.807) is 0 Å². The van der Waals surface area contributed by atoms with Gasteiger partial charge in [0.1, 0.15) is 0 Å². The molecule has 0 aromatic heterocycles. The molecule has 19 heavy (non-hydrogen) atoms. The molecule has 0 fully saturated rings. The highest BCUT2D eigenvalue weighted by Gasteiger charge is 2.09. The summed E-state index contributed by atoms with van der Waals surface area (Å²) < 4.78 is 0. The summed E-state index contributed by atoms with van der Waals surface area (Å²) in [5.74, 6) is 0.863. The van der Waals surface area contributed by atoms with Crippen LogP contribution in [0.5, 0.6) is 0 Å². The lowest BCUT2D eigenvalue weighted by Crippen LogP contribution is -2.05. The molecule has 0 radical (unpaired) electrons. The molecule has 2 N–H and O–H groups in total. The van der Waals surface area contributed by atoms with E-state index < -0.39 is 0 Å². The number of nitrogens with two attached hydrogens (primary N) is 1. The Labute approximate surface area is 119 Å². The second kappa shape index (κ2) is 9.89. The summed E-state index contributed by atoms with van der Waals surface area (Å²) in [5, 5.41) is 0. The van der Waals surface area contributed by atoms with Crippen LogP contribution in [0.25, 0.3) is 0 Å². The lowest BCUT2D eigenvalue weighted by molar-refractivity contribution is 0.408. The quantitative estimate of drug-likeness (QED) is 0.431. The number of benzene rings is 1. The topological polar surface area (TPSA) is 26.0 Å². The van der Waals surface area contributed by atoms with Crippen molar-refractivity contribution in [3.8, 4) is 0 Å². The molecule has 1 aromatic carbocycles. The van der Waals surface area contributed by atoms with Crippen LogP contribution in [0, 0.1) is 5.92 Å². The van der Waals surface area contributed by atoms with E-state index in [-0.39, 0.29) is 0 Å². The standard InChI is InChI=1S/C18H31N/c1-3-5-7-9-16(10-8-6-4-2)15-17-11-13-18(19)14-12-17/h11-14,16H,3-10,15,19H2,1-2H3. The Hall–Kier alpha value is -0.980. The zero-order chi connectivity index (χ0) is 13.9. The van der Waals surface area contributed by atoms with Gasteiger partial charge in [-0.05, 0) is 30.0 Å². The number of hydrogen-bond acceptors (Lipinski definition) is 1. The Balaban J connectivity index is 2.44. The molecule has 0 saturated carbocycles. The maximum absolute atomic E-state index is 5.75. The summed E-state index contributed by atoms with van der Waals surface area (Å²) in [7, 11) is 0. The van der Waals surface area contributed by atoms with Crippen molar-refractivity contribution in [1.82, 2.24) is 0 Å². The van der Waals surface area contributed by atoms with Crippen LogP contribution in [0.3, 0.4) is 0 Å². The van der Waals surface area contributed by atoms with Gasteiger partial charge in [-0.25, -0.2) is 0 Å². The lowest BCUT2D eigenvalue weighted by Gasteiger charge is -2.17. The van der Waals surface area contributed by atoms with E-state index in [2.05, 4.69) is 26.0 Å². The Kier molecular flexibility index (Phi) is 8.36. The monoisotopic (exact) mass is 261 g/mol. The van der Waals surface area contributed by atoms with E-state index in [9.17, 15) is 0 Å². The molecule has 0 aliphatic carbocycles. The first kappa shape index (κ1) is 16.1. The third-order valence-corrected chi connectivity index (χ3v) is 3.94. The fourth-order valence-electron chi connectivity index (χ4n) is 2.70. The van der Waals surface area contributed by atoms with Crippen LogP contribution in [-0.4, -0.2) is 0 Å². The van der Waals surface area contributed by atoms with Crippen LogP contribution >= 0.6 is 0 Å². The summed E-state index contributed by atoms with van der Waals surface area (Å²) in [6.07, 6.45) is 12.2. The molecule has 0 saturated heterocycles. The lowest BCUT2D eigenvalue weighted by atomic mass is 9.89. The summed E-state index contributed by atoms with van der Waals surface area (Å²) in [5.41, 5.74) is 8.08. The smallest absolute Gasteiger partial charge is 0.0314 e. The number of anilines is 1. The predicted octanol–water partition coefficient (Wildman–Crippen LogP) is 5.59. The van der Waals surface area contributed by atoms with Crippen LogP contribution in [0.2, 0.25) is 0 Å². The van der Waals surface area contributed by atoms with Crippen LogP contribution in [0.1, 0.15) is 70.8 Å². The molecule has 0 spiro atoms. The third kappa shape index (κ3) is 7.25. The van der Waals surface area contributed by atoms with Gasteiger partial charge in [-0.3, -0.25) is 0 Å². The second-order valence-corrected chi connectivity index (χ2v) is 5.80. The summed E-state index contributed by atoms with van der Waals surface area (Å²) >= 11 is 0. The molecule has 1 heteroatoms. The fraction of sp³-hybridized carbons (Fsp3) is 0.667. The maximum atomic E-state index is 5.75. The highest BCUT2D eigenvalue weighted by atomic mass is 14.5. The van der Waals surface area contributed by atoms with Gasteiger partial charge in [0, 0.05) is 5.69 Å². The van der Waals surface area contributed by atoms with Crippen molar-refractivity contribution in [2.75, 3.05) is 5.73 Å². The van der Waals surface area contributed by atoms with Crippen molar-refractivity contribution in [3.05, 3.63) is 29.8 Å². The van der Waals surface area contributed by atoms with Gasteiger partial charge in [0.15, 0.2) is 0 Å². The average molecular weight is 261 g/mol. The first-order valence-corrected chi connectivity index (χ1v) is 8.10. The SMILES string of the molecule is CCCCCC(CCCCC)Cc1ccc(N)cc1. The van der Waals surface area contributed by atoms with Crippen molar-refractivity contribution in [2.45, 2.75) is 71.6 Å². The molecule has 0 aliphatic rings. The molecule has 0 unspecified atom stereocenters. The van der Waals surface area contributed by atoms with E-state index in [0.29, 0.717) is 0 Å². The highest BCUT2D eigenvalue weighted by Crippen LogP contribution is 2.22. The second-order valence-electron chi connectivity index (χ2n) is 5.80. The van der Waals surface area contributed by atoms with E-state index >= 15 is 0 Å². The Morgan fingerprint density at radius 2 is 1.37 bits per heavy atom. The van der Waals surface area contributed by atoms with Gasteiger partial charge in [0.25, 0.3) is 0 Å². The highest BCUT2D eigenvalue weighted by molar-refractivity contribution is 5.39. The zero-order valence-corrected chi connectivity index (χ0v) is 12.8. The van der Waals surface area contributed by atoms with Gasteiger partial charge in [-0.15, -0.1) is 0 Å². The Morgan fingerprint density at radius 3 is 1.84 bits per heavy atom. The molecule has 0 atom stereocenters. The molecule has 0 bridgehead atoms. The van der Waals surface area contributed by atoms with Gasteiger partial charge in [-0.2, -0.15) is 0 Å². The first-order valence-electron chi connectivity index (χ1n) is 8.10. The van der Waals surface area contributed by atoms with Crippen LogP contribution in [-0.2, 0) is 6.42 Å². The summed E-state index contributed by atoms with van der Waals surface area (Å²) in [6.45, 7) is 4.57. The first-order chi connectivity index (χ1) is 9.26. The maximum Gasteiger partial charge on any atom is 0.0314 e. The molecular weight excluding hydrogens is 230 g/mol. The molecule has 1 rings (SSSR count). The molecule has 0 heterocycles. The predicted molar refractivity (Wildman–Crippen MR) is 86.3 cm³/mol. The Morgan fingerprint density at radius 1 is 0.842 bits per heavy atom. The zero-order valence-electron chi connectivity index (χ0n) is 12.8. The minimum absolute atomic E-state index is 0.863. The average Bonchev–Trinajstić information content (AvgIpc) is 2.41. The molecule has 1 aromatic rings.